The Hall–Kier alpha value is -1.51. The summed E-state index contributed by atoms with van der Waals surface area (Å²) in [5.41, 5.74) is 9.48. The van der Waals surface area contributed by atoms with Gasteiger partial charge < -0.3 is 11.1 Å². The topological polar surface area (TPSA) is 55.1 Å². The molecule has 0 aliphatic rings. The summed E-state index contributed by atoms with van der Waals surface area (Å²) in [5.74, 6) is 0.0402. The first-order chi connectivity index (χ1) is 7.45. The van der Waals surface area contributed by atoms with Crippen molar-refractivity contribution in [3.63, 3.8) is 0 Å². The summed E-state index contributed by atoms with van der Waals surface area (Å²) in [6.45, 7) is 7.92. The van der Waals surface area contributed by atoms with E-state index in [9.17, 15) is 4.79 Å². The zero-order chi connectivity index (χ0) is 12.3. The van der Waals surface area contributed by atoms with Crippen LogP contribution in [0.25, 0.3) is 0 Å². The maximum atomic E-state index is 11.7. The first kappa shape index (κ1) is 12.6. The summed E-state index contributed by atoms with van der Waals surface area (Å²) in [5, 5.41) is 2.86. The van der Waals surface area contributed by atoms with Crippen molar-refractivity contribution in [1.29, 1.82) is 0 Å². The average Bonchev–Trinajstić information content (AvgIpc) is 2.24. The highest BCUT2D eigenvalue weighted by atomic mass is 16.1. The number of rotatable bonds is 3. The van der Waals surface area contributed by atoms with Gasteiger partial charge in [0.15, 0.2) is 0 Å². The molecule has 1 aromatic rings. The second kappa shape index (κ2) is 5.01. The molecule has 1 amide bonds. The molecule has 3 nitrogen and oxygen atoms in total. The molecule has 0 aliphatic heterocycles. The number of nitrogen functional groups attached to an aromatic ring is 1. The Morgan fingerprint density at radius 3 is 2.50 bits per heavy atom. The largest absolute Gasteiger partial charge is 0.397 e. The van der Waals surface area contributed by atoms with Crippen molar-refractivity contribution in [3.05, 3.63) is 23.3 Å². The van der Waals surface area contributed by atoms with E-state index in [1.807, 2.05) is 39.8 Å². The van der Waals surface area contributed by atoms with Crippen molar-refractivity contribution in [2.24, 2.45) is 5.92 Å². The Kier molecular flexibility index (Phi) is 3.93. The molecule has 1 aromatic carbocycles. The van der Waals surface area contributed by atoms with Crippen molar-refractivity contribution in [3.8, 4) is 0 Å². The van der Waals surface area contributed by atoms with Crippen LogP contribution in [-0.4, -0.2) is 5.91 Å². The molecule has 0 radical (unpaired) electrons. The molecule has 0 heterocycles. The van der Waals surface area contributed by atoms with E-state index in [2.05, 4.69) is 5.32 Å². The molecule has 3 heteroatoms. The molecule has 0 unspecified atom stereocenters. The summed E-state index contributed by atoms with van der Waals surface area (Å²) < 4.78 is 0. The molecule has 0 fully saturated rings. The van der Waals surface area contributed by atoms with E-state index >= 15 is 0 Å². The van der Waals surface area contributed by atoms with E-state index in [4.69, 9.17) is 5.73 Å². The fourth-order valence-electron chi connectivity index (χ4n) is 1.39. The molecule has 0 saturated carbocycles. The smallest absolute Gasteiger partial charge is 0.227 e. The van der Waals surface area contributed by atoms with E-state index in [0.717, 1.165) is 17.5 Å². The van der Waals surface area contributed by atoms with Crippen molar-refractivity contribution in [2.75, 3.05) is 11.1 Å². The Morgan fingerprint density at radius 1 is 1.38 bits per heavy atom. The normalized spacial score (nSPS) is 12.2. The van der Waals surface area contributed by atoms with E-state index < -0.39 is 0 Å². The first-order valence-electron chi connectivity index (χ1n) is 5.63. The molecule has 0 aromatic heterocycles. The van der Waals surface area contributed by atoms with Crippen LogP contribution in [0.2, 0.25) is 0 Å². The van der Waals surface area contributed by atoms with Gasteiger partial charge in [-0.1, -0.05) is 13.8 Å². The van der Waals surface area contributed by atoms with Gasteiger partial charge in [0.1, 0.15) is 0 Å². The molecule has 16 heavy (non-hydrogen) atoms. The molecule has 3 N–H and O–H groups in total. The first-order valence-corrected chi connectivity index (χ1v) is 5.63. The number of hydrogen-bond acceptors (Lipinski definition) is 2. The van der Waals surface area contributed by atoms with E-state index in [-0.39, 0.29) is 11.8 Å². The number of anilines is 2. The van der Waals surface area contributed by atoms with Gasteiger partial charge in [0.25, 0.3) is 0 Å². The molecule has 0 aliphatic carbocycles. The fraction of sp³-hybridized carbons (Fsp3) is 0.462. The summed E-state index contributed by atoms with van der Waals surface area (Å²) in [6, 6.07) is 3.81. The van der Waals surface area contributed by atoms with E-state index in [0.29, 0.717) is 11.4 Å². The number of nitrogens with two attached hydrogens (primary N) is 1. The van der Waals surface area contributed by atoms with Crippen LogP contribution in [0.3, 0.4) is 0 Å². The SMILES string of the molecule is CC[C@@H](C)C(=O)Nc1cc(C)c(C)cc1N. The molecule has 0 bridgehead atoms. The number of amides is 1. The summed E-state index contributed by atoms with van der Waals surface area (Å²) in [7, 11) is 0. The molecule has 0 saturated heterocycles. The number of aryl methyl sites for hydroxylation is 2. The Bertz CT molecular complexity index is 399. The third-order valence-electron chi connectivity index (χ3n) is 2.98. The van der Waals surface area contributed by atoms with E-state index in [1.165, 1.54) is 0 Å². The Morgan fingerprint density at radius 2 is 1.94 bits per heavy atom. The second-order valence-electron chi connectivity index (χ2n) is 4.32. The van der Waals surface area contributed by atoms with Crippen LogP contribution in [-0.2, 0) is 4.79 Å². The quantitative estimate of drug-likeness (QED) is 0.769. The summed E-state index contributed by atoms with van der Waals surface area (Å²) in [6.07, 6.45) is 0.830. The van der Waals surface area contributed by atoms with Crippen LogP contribution in [0.1, 0.15) is 31.4 Å². The lowest BCUT2D eigenvalue weighted by atomic mass is 10.1. The summed E-state index contributed by atoms with van der Waals surface area (Å²) in [4.78, 5) is 11.7. The maximum absolute atomic E-state index is 11.7. The number of nitrogens with one attached hydrogen (secondary N) is 1. The standard InChI is InChI=1S/C13H20N2O/c1-5-8(2)13(16)15-12-7-10(4)9(3)6-11(12)14/h6-8H,5,14H2,1-4H3,(H,15,16)/t8-/m1/s1. The summed E-state index contributed by atoms with van der Waals surface area (Å²) >= 11 is 0. The molecular weight excluding hydrogens is 200 g/mol. The maximum Gasteiger partial charge on any atom is 0.227 e. The molecule has 1 rings (SSSR count). The predicted molar refractivity (Wildman–Crippen MR) is 68.4 cm³/mol. The Labute approximate surface area is 97.0 Å². The van der Waals surface area contributed by atoms with Crippen LogP contribution in [0, 0.1) is 19.8 Å². The minimum atomic E-state index is 0.0148. The number of hydrogen-bond donors (Lipinski definition) is 2. The third-order valence-corrected chi connectivity index (χ3v) is 2.98. The van der Waals surface area contributed by atoms with Crippen molar-refractivity contribution in [2.45, 2.75) is 34.1 Å². The number of carbonyl (C=O) groups excluding carboxylic acids is 1. The Balaban J connectivity index is 2.90. The minimum absolute atomic E-state index is 0.0148. The fourth-order valence-corrected chi connectivity index (χ4v) is 1.39. The third kappa shape index (κ3) is 2.75. The number of benzene rings is 1. The van der Waals surface area contributed by atoms with Gasteiger partial charge in [0.2, 0.25) is 5.91 Å². The van der Waals surface area contributed by atoms with Crippen molar-refractivity contribution < 1.29 is 4.79 Å². The van der Waals surface area contributed by atoms with Gasteiger partial charge in [0.05, 0.1) is 11.4 Å². The van der Waals surface area contributed by atoms with Gasteiger partial charge in [-0.3, -0.25) is 4.79 Å². The van der Waals surface area contributed by atoms with Gasteiger partial charge >= 0.3 is 0 Å². The molecule has 1 atom stereocenters. The van der Waals surface area contributed by atoms with Crippen LogP contribution in [0.15, 0.2) is 12.1 Å². The highest BCUT2D eigenvalue weighted by Crippen LogP contribution is 2.23. The van der Waals surface area contributed by atoms with Crippen LogP contribution in [0.4, 0.5) is 11.4 Å². The second-order valence-corrected chi connectivity index (χ2v) is 4.32. The highest BCUT2D eigenvalue weighted by Gasteiger charge is 2.12. The van der Waals surface area contributed by atoms with Crippen molar-refractivity contribution >= 4 is 17.3 Å². The predicted octanol–water partition coefficient (Wildman–Crippen LogP) is 2.87. The minimum Gasteiger partial charge on any atom is -0.397 e. The van der Waals surface area contributed by atoms with Gasteiger partial charge in [-0.25, -0.2) is 0 Å². The molecule has 0 spiro atoms. The molecule has 88 valence electrons. The van der Waals surface area contributed by atoms with Gasteiger partial charge in [-0.2, -0.15) is 0 Å². The lowest BCUT2D eigenvalue weighted by Crippen LogP contribution is -2.20. The van der Waals surface area contributed by atoms with E-state index in [1.54, 1.807) is 0 Å². The van der Waals surface area contributed by atoms with Crippen molar-refractivity contribution in [1.82, 2.24) is 0 Å². The zero-order valence-electron chi connectivity index (χ0n) is 10.4. The van der Waals surface area contributed by atoms with Gasteiger partial charge in [0, 0.05) is 5.92 Å². The van der Waals surface area contributed by atoms with Crippen LogP contribution in [0.5, 0.6) is 0 Å². The lowest BCUT2D eigenvalue weighted by Gasteiger charge is -2.13. The van der Waals surface area contributed by atoms with Gasteiger partial charge in [-0.05, 0) is 43.5 Å². The van der Waals surface area contributed by atoms with Crippen LogP contribution >= 0.6 is 0 Å². The number of carbonyl (C=O) groups is 1. The van der Waals surface area contributed by atoms with Crippen LogP contribution < -0.4 is 11.1 Å². The monoisotopic (exact) mass is 220 g/mol. The lowest BCUT2D eigenvalue weighted by molar-refractivity contribution is -0.119. The zero-order valence-corrected chi connectivity index (χ0v) is 10.4. The highest BCUT2D eigenvalue weighted by molar-refractivity contribution is 5.95. The average molecular weight is 220 g/mol. The van der Waals surface area contributed by atoms with Gasteiger partial charge in [-0.15, -0.1) is 0 Å². The molecular formula is C13H20N2O.